The van der Waals surface area contributed by atoms with Gasteiger partial charge in [-0.2, -0.15) is 0 Å². The van der Waals surface area contributed by atoms with Gasteiger partial charge in [0, 0.05) is 31.1 Å². The van der Waals surface area contributed by atoms with Crippen molar-refractivity contribution >= 4 is 11.8 Å². The van der Waals surface area contributed by atoms with Crippen LogP contribution in [0.15, 0.2) is 11.8 Å². The maximum absolute atomic E-state index is 12.0. The molecule has 1 aliphatic heterocycles. The number of aliphatic hydroxyl groups is 1. The summed E-state index contributed by atoms with van der Waals surface area (Å²) in [6.45, 7) is 3.01. The van der Waals surface area contributed by atoms with Gasteiger partial charge in [-0.25, -0.2) is 0 Å². The molecule has 1 heterocycles. The Hall–Kier alpha value is -1.36. The van der Waals surface area contributed by atoms with Crippen molar-refractivity contribution in [3.63, 3.8) is 0 Å². The fourth-order valence-electron chi connectivity index (χ4n) is 2.90. The van der Waals surface area contributed by atoms with E-state index in [0.29, 0.717) is 26.1 Å². The summed E-state index contributed by atoms with van der Waals surface area (Å²) in [6.07, 6.45) is 2.63. The molecule has 1 fully saturated rings. The van der Waals surface area contributed by atoms with Gasteiger partial charge in [0.1, 0.15) is 11.7 Å². The van der Waals surface area contributed by atoms with E-state index in [9.17, 15) is 14.7 Å². The van der Waals surface area contributed by atoms with Gasteiger partial charge in [-0.15, -0.1) is 0 Å². The average Bonchev–Trinajstić information content (AvgIpc) is 2.28. The summed E-state index contributed by atoms with van der Waals surface area (Å²) in [5.41, 5.74) is -0.527. The Morgan fingerprint density at radius 3 is 2.83 bits per heavy atom. The Kier molecular flexibility index (Phi) is 3.71. The number of rotatable bonds is 2. The number of aliphatic hydroxyl groups excluding tert-OH is 1. The predicted octanol–water partition coefficient (Wildman–Crippen LogP) is 1.38. The van der Waals surface area contributed by atoms with E-state index in [2.05, 4.69) is 0 Å². The molecule has 1 saturated heterocycles. The van der Waals surface area contributed by atoms with Crippen LogP contribution in [0.25, 0.3) is 0 Å². The Morgan fingerprint density at radius 2 is 2.22 bits per heavy atom. The highest BCUT2D eigenvalue weighted by Crippen LogP contribution is 2.47. The lowest BCUT2D eigenvalue weighted by Crippen LogP contribution is -2.46. The quantitative estimate of drug-likeness (QED) is 0.754. The minimum atomic E-state index is -0.723. The molecule has 5 heteroatoms. The maximum atomic E-state index is 12.0. The third-order valence-electron chi connectivity index (χ3n) is 3.75. The van der Waals surface area contributed by atoms with E-state index in [4.69, 9.17) is 9.47 Å². The van der Waals surface area contributed by atoms with Crippen molar-refractivity contribution in [2.24, 2.45) is 11.3 Å². The molecule has 0 radical (unpaired) electrons. The fraction of sp³-hybridized carbons (Fsp3) is 0.692. The number of ether oxygens (including phenoxy) is 2. The van der Waals surface area contributed by atoms with Gasteiger partial charge < -0.3 is 14.6 Å². The highest BCUT2D eigenvalue weighted by atomic mass is 16.5. The molecule has 1 atom stereocenters. The van der Waals surface area contributed by atoms with Crippen LogP contribution in [0.1, 0.15) is 26.2 Å². The lowest BCUT2D eigenvalue weighted by atomic mass is 9.63. The predicted molar refractivity (Wildman–Crippen MR) is 62.9 cm³/mol. The van der Waals surface area contributed by atoms with Crippen molar-refractivity contribution in [3.05, 3.63) is 11.8 Å². The second-order valence-corrected chi connectivity index (χ2v) is 4.87. The molecular weight excluding hydrogens is 236 g/mol. The van der Waals surface area contributed by atoms with Crippen LogP contribution in [0.3, 0.4) is 0 Å². The Bertz CT molecular complexity index is 379. The number of esters is 1. The smallest absolute Gasteiger partial charge is 0.317 e. The maximum Gasteiger partial charge on any atom is 0.317 e. The van der Waals surface area contributed by atoms with Crippen LogP contribution in [0.2, 0.25) is 0 Å². The number of allylic oxidation sites excluding steroid dienone is 1. The summed E-state index contributed by atoms with van der Waals surface area (Å²) in [7, 11) is 0. The van der Waals surface area contributed by atoms with Crippen molar-refractivity contribution in [2.45, 2.75) is 26.2 Å². The van der Waals surface area contributed by atoms with E-state index in [1.54, 1.807) is 6.92 Å². The molecule has 0 bridgehead atoms. The second-order valence-electron chi connectivity index (χ2n) is 4.87. The van der Waals surface area contributed by atoms with Gasteiger partial charge in [-0.3, -0.25) is 9.59 Å². The molecule has 0 amide bonds. The normalized spacial score (nSPS) is 26.8. The zero-order valence-corrected chi connectivity index (χ0v) is 10.5. The van der Waals surface area contributed by atoms with Crippen LogP contribution in [-0.4, -0.2) is 36.7 Å². The van der Waals surface area contributed by atoms with Crippen LogP contribution < -0.4 is 0 Å². The molecule has 1 spiro atoms. The Morgan fingerprint density at radius 1 is 1.56 bits per heavy atom. The number of hydrogen-bond acceptors (Lipinski definition) is 5. The first-order chi connectivity index (χ1) is 8.59. The molecule has 18 heavy (non-hydrogen) atoms. The minimum Gasteiger partial charge on any atom is -0.511 e. The third kappa shape index (κ3) is 2.27. The molecule has 0 aromatic heterocycles. The number of carbonyl (C=O) groups excluding carboxylic acids is 2. The summed E-state index contributed by atoms with van der Waals surface area (Å²) in [4.78, 5) is 23.7. The summed E-state index contributed by atoms with van der Waals surface area (Å²) < 4.78 is 10.3. The van der Waals surface area contributed by atoms with E-state index >= 15 is 0 Å². The molecule has 0 saturated carbocycles. The Labute approximate surface area is 106 Å². The molecule has 1 N–H and O–H groups in total. The minimum absolute atomic E-state index is 0.130. The Balaban J connectivity index is 2.32. The molecule has 2 rings (SSSR count). The lowest BCUT2D eigenvalue weighted by molar-refractivity contribution is -0.157. The first-order valence-electron chi connectivity index (χ1n) is 6.27. The van der Waals surface area contributed by atoms with E-state index in [0.717, 1.165) is 6.08 Å². The first-order valence-corrected chi connectivity index (χ1v) is 6.27. The molecule has 2 aliphatic rings. The zero-order valence-electron chi connectivity index (χ0n) is 10.5. The lowest BCUT2D eigenvalue weighted by Gasteiger charge is -2.43. The van der Waals surface area contributed by atoms with Crippen molar-refractivity contribution in [1.82, 2.24) is 0 Å². The van der Waals surface area contributed by atoms with Crippen LogP contribution in [-0.2, 0) is 19.1 Å². The van der Waals surface area contributed by atoms with Gasteiger partial charge >= 0.3 is 5.97 Å². The van der Waals surface area contributed by atoms with Gasteiger partial charge in [0.15, 0.2) is 5.78 Å². The third-order valence-corrected chi connectivity index (χ3v) is 3.75. The van der Waals surface area contributed by atoms with Crippen molar-refractivity contribution in [1.29, 1.82) is 0 Å². The van der Waals surface area contributed by atoms with Gasteiger partial charge in [0.05, 0.1) is 6.61 Å². The van der Waals surface area contributed by atoms with Crippen LogP contribution in [0, 0.1) is 11.3 Å². The number of carbonyl (C=O) groups is 2. The van der Waals surface area contributed by atoms with Crippen LogP contribution in [0.4, 0.5) is 0 Å². The fourth-order valence-corrected chi connectivity index (χ4v) is 2.90. The number of hydrogen-bond donors (Lipinski definition) is 1. The van der Waals surface area contributed by atoms with E-state index < -0.39 is 17.3 Å². The highest BCUT2D eigenvalue weighted by molar-refractivity contribution is 5.94. The van der Waals surface area contributed by atoms with Crippen molar-refractivity contribution in [2.75, 3.05) is 19.8 Å². The number of ketones is 1. The van der Waals surface area contributed by atoms with E-state index in [1.807, 2.05) is 0 Å². The second kappa shape index (κ2) is 5.10. The van der Waals surface area contributed by atoms with E-state index in [1.165, 1.54) is 0 Å². The topological polar surface area (TPSA) is 72.8 Å². The van der Waals surface area contributed by atoms with Crippen LogP contribution in [0.5, 0.6) is 0 Å². The van der Waals surface area contributed by atoms with Gasteiger partial charge in [0.25, 0.3) is 0 Å². The highest BCUT2D eigenvalue weighted by Gasteiger charge is 2.50. The van der Waals surface area contributed by atoms with Crippen molar-refractivity contribution in [3.8, 4) is 0 Å². The SMILES string of the molecule is CCOC(=O)C1C(O)=CC(=O)CC12CCOCC2. The van der Waals surface area contributed by atoms with Gasteiger partial charge in [-0.1, -0.05) is 0 Å². The standard InChI is InChI=1S/C13H18O5/c1-2-18-12(16)11-10(15)7-9(14)8-13(11)3-5-17-6-4-13/h7,11,15H,2-6,8H2,1H3. The summed E-state index contributed by atoms with van der Waals surface area (Å²) in [5.74, 6) is -1.46. The van der Waals surface area contributed by atoms with E-state index in [-0.39, 0.29) is 24.6 Å². The average molecular weight is 254 g/mol. The van der Waals surface area contributed by atoms with Gasteiger partial charge in [0.2, 0.25) is 0 Å². The molecule has 100 valence electrons. The summed E-state index contributed by atoms with van der Waals surface area (Å²) >= 11 is 0. The monoisotopic (exact) mass is 254 g/mol. The zero-order chi connectivity index (χ0) is 13.2. The molecule has 5 nitrogen and oxygen atoms in total. The molecule has 0 aromatic carbocycles. The summed E-state index contributed by atoms with van der Waals surface area (Å²) in [6, 6.07) is 0. The molecule has 1 unspecified atom stereocenters. The molecule has 0 aromatic rings. The molecular formula is C13H18O5. The van der Waals surface area contributed by atoms with Gasteiger partial charge in [-0.05, 0) is 19.8 Å². The largest absolute Gasteiger partial charge is 0.511 e. The first kappa shape index (κ1) is 13.1. The van der Waals surface area contributed by atoms with Crippen molar-refractivity contribution < 1.29 is 24.2 Å². The molecule has 1 aliphatic carbocycles. The van der Waals surface area contributed by atoms with Crippen LogP contribution >= 0.6 is 0 Å². The summed E-state index contributed by atoms with van der Waals surface area (Å²) in [5, 5.41) is 9.95.